The molecule has 7 heteroatoms. The van der Waals surface area contributed by atoms with Gasteiger partial charge < -0.3 is 9.73 Å². The van der Waals surface area contributed by atoms with E-state index in [0.717, 1.165) is 12.0 Å². The van der Waals surface area contributed by atoms with E-state index in [1.54, 1.807) is 6.26 Å². The van der Waals surface area contributed by atoms with Gasteiger partial charge in [0.15, 0.2) is 10.9 Å². The lowest BCUT2D eigenvalue weighted by atomic mass is 9.78. The van der Waals surface area contributed by atoms with E-state index in [9.17, 15) is 4.79 Å². The molecule has 2 heterocycles. The lowest BCUT2D eigenvalue weighted by Gasteiger charge is -2.34. The fourth-order valence-electron chi connectivity index (χ4n) is 4.06. The molecule has 1 saturated carbocycles. The molecule has 4 rings (SSSR count). The van der Waals surface area contributed by atoms with Crippen LogP contribution in [0, 0.1) is 11.8 Å². The second kappa shape index (κ2) is 9.51. The molecule has 0 aliphatic heterocycles. The Morgan fingerprint density at radius 3 is 2.77 bits per heavy atom. The Morgan fingerprint density at radius 2 is 2.00 bits per heavy atom. The molecule has 6 nitrogen and oxygen atoms in total. The van der Waals surface area contributed by atoms with Crippen molar-refractivity contribution in [1.82, 2.24) is 20.1 Å². The SMILES string of the molecule is CC1CCCC(NC(=O)CSc2nnc(-c3ccco3)n2Cc2ccccc2)C1C. The van der Waals surface area contributed by atoms with Gasteiger partial charge >= 0.3 is 0 Å². The van der Waals surface area contributed by atoms with Gasteiger partial charge in [-0.05, 0) is 36.0 Å². The molecule has 1 aromatic carbocycles. The van der Waals surface area contributed by atoms with Gasteiger partial charge in [-0.1, -0.05) is 68.8 Å². The molecule has 1 N–H and O–H groups in total. The van der Waals surface area contributed by atoms with E-state index in [1.807, 2.05) is 34.9 Å². The maximum absolute atomic E-state index is 12.6. The quantitative estimate of drug-likeness (QED) is 0.560. The Labute approximate surface area is 181 Å². The van der Waals surface area contributed by atoms with Gasteiger partial charge in [0, 0.05) is 6.04 Å². The number of benzene rings is 1. The average Bonchev–Trinajstić information content (AvgIpc) is 3.41. The molecule has 158 valence electrons. The van der Waals surface area contributed by atoms with E-state index in [-0.39, 0.29) is 11.9 Å². The van der Waals surface area contributed by atoms with Crippen LogP contribution in [0.3, 0.4) is 0 Å². The van der Waals surface area contributed by atoms with Gasteiger partial charge in [0.05, 0.1) is 18.6 Å². The van der Waals surface area contributed by atoms with Gasteiger partial charge in [0.2, 0.25) is 11.7 Å². The van der Waals surface area contributed by atoms with E-state index in [2.05, 4.69) is 41.5 Å². The van der Waals surface area contributed by atoms with Crippen LogP contribution in [0.4, 0.5) is 0 Å². The van der Waals surface area contributed by atoms with Crippen LogP contribution in [0.1, 0.15) is 38.7 Å². The minimum Gasteiger partial charge on any atom is -0.461 e. The molecule has 3 unspecified atom stereocenters. The van der Waals surface area contributed by atoms with Crippen LogP contribution in [-0.4, -0.2) is 32.5 Å². The molecule has 3 atom stereocenters. The molecule has 1 aliphatic rings. The number of rotatable bonds is 7. The lowest BCUT2D eigenvalue weighted by molar-refractivity contribution is -0.120. The van der Waals surface area contributed by atoms with Crippen LogP contribution in [0.25, 0.3) is 11.6 Å². The third-order valence-electron chi connectivity index (χ3n) is 6.03. The van der Waals surface area contributed by atoms with Crippen LogP contribution >= 0.6 is 11.8 Å². The number of hydrogen-bond acceptors (Lipinski definition) is 5. The first-order valence-corrected chi connectivity index (χ1v) is 11.5. The van der Waals surface area contributed by atoms with Crippen molar-refractivity contribution in [2.75, 3.05) is 5.75 Å². The summed E-state index contributed by atoms with van der Waals surface area (Å²) < 4.78 is 7.56. The molecule has 1 aliphatic carbocycles. The normalized spacial score (nSPS) is 21.5. The molecular weight excluding hydrogens is 396 g/mol. The first kappa shape index (κ1) is 20.7. The summed E-state index contributed by atoms with van der Waals surface area (Å²) in [5.74, 6) is 2.88. The Balaban J connectivity index is 1.46. The highest BCUT2D eigenvalue weighted by Gasteiger charge is 2.28. The first-order valence-electron chi connectivity index (χ1n) is 10.5. The molecule has 3 aromatic rings. The van der Waals surface area contributed by atoms with Crippen LogP contribution in [0.5, 0.6) is 0 Å². The summed E-state index contributed by atoms with van der Waals surface area (Å²) in [7, 11) is 0. The topological polar surface area (TPSA) is 73.0 Å². The number of furan rings is 1. The lowest BCUT2D eigenvalue weighted by Crippen LogP contribution is -2.44. The maximum Gasteiger partial charge on any atom is 0.230 e. The molecule has 0 bridgehead atoms. The predicted molar refractivity (Wildman–Crippen MR) is 118 cm³/mol. The van der Waals surface area contributed by atoms with E-state index < -0.39 is 0 Å². The van der Waals surface area contributed by atoms with Gasteiger partial charge in [-0.3, -0.25) is 9.36 Å². The summed E-state index contributed by atoms with van der Waals surface area (Å²) in [6.07, 6.45) is 5.13. The summed E-state index contributed by atoms with van der Waals surface area (Å²) in [5, 5.41) is 12.6. The number of carbonyl (C=O) groups is 1. The van der Waals surface area contributed by atoms with Crippen molar-refractivity contribution >= 4 is 17.7 Å². The second-order valence-electron chi connectivity index (χ2n) is 8.09. The zero-order valence-corrected chi connectivity index (χ0v) is 18.3. The first-order chi connectivity index (χ1) is 14.6. The van der Waals surface area contributed by atoms with Crippen molar-refractivity contribution < 1.29 is 9.21 Å². The highest BCUT2D eigenvalue weighted by molar-refractivity contribution is 7.99. The fourth-order valence-corrected chi connectivity index (χ4v) is 4.81. The molecule has 1 amide bonds. The minimum atomic E-state index is 0.0553. The van der Waals surface area contributed by atoms with Crippen molar-refractivity contribution in [2.45, 2.75) is 50.9 Å². The fraction of sp³-hybridized carbons (Fsp3) is 0.435. The van der Waals surface area contributed by atoms with Gasteiger partial charge in [0.1, 0.15) is 0 Å². The highest BCUT2D eigenvalue weighted by Crippen LogP contribution is 2.30. The number of amides is 1. The van der Waals surface area contributed by atoms with Crippen LogP contribution < -0.4 is 5.32 Å². The van der Waals surface area contributed by atoms with Crippen molar-refractivity contribution in [2.24, 2.45) is 11.8 Å². The number of nitrogens with one attached hydrogen (secondary N) is 1. The van der Waals surface area contributed by atoms with E-state index >= 15 is 0 Å². The van der Waals surface area contributed by atoms with E-state index in [1.165, 1.54) is 24.6 Å². The number of nitrogens with zero attached hydrogens (tertiary/aromatic N) is 3. The number of aromatic nitrogens is 3. The zero-order valence-electron chi connectivity index (χ0n) is 17.5. The van der Waals surface area contributed by atoms with Gasteiger partial charge in [0.25, 0.3) is 0 Å². The van der Waals surface area contributed by atoms with Gasteiger partial charge in [-0.15, -0.1) is 10.2 Å². The molecule has 2 aromatic heterocycles. The smallest absolute Gasteiger partial charge is 0.230 e. The monoisotopic (exact) mass is 424 g/mol. The van der Waals surface area contributed by atoms with Crippen LogP contribution in [0.2, 0.25) is 0 Å². The van der Waals surface area contributed by atoms with E-state index in [4.69, 9.17) is 4.42 Å². The van der Waals surface area contributed by atoms with Crippen LogP contribution in [0.15, 0.2) is 58.3 Å². The summed E-state index contributed by atoms with van der Waals surface area (Å²) in [5.41, 5.74) is 1.14. The summed E-state index contributed by atoms with van der Waals surface area (Å²) in [6, 6.07) is 14.1. The van der Waals surface area contributed by atoms with Crippen LogP contribution in [-0.2, 0) is 11.3 Å². The van der Waals surface area contributed by atoms with Gasteiger partial charge in [-0.25, -0.2) is 0 Å². The number of hydrogen-bond donors (Lipinski definition) is 1. The standard InChI is InChI=1S/C23H28N4O2S/c1-16-8-6-11-19(17(16)2)24-21(28)15-30-23-26-25-22(20-12-7-13-29-20)27(23)14-18-9-4-3-5-10-18/h3-5,7,9-10,12-13,16-17,19H,6,8,11,14-15H2,1-2H3,(H,24,28). The third kappa shape index (κ3) is 4.78. The predicted octanol–water partition coefficient (Wildman–Crippen LogP) is 4.62. The van der Waals surface area contributed by atoms with Gasteiger partial charge in [-0.2, -0.15) is 0 Å². The minimum absolute atomic E-state index is 0.0553. The largest absolute Gasteiger partial charge is 0.461 e. The average molecular weight is 425 g/mol. The zero-order chi connectivity index (χ0) is 20.9. The molecule has 0 radical (unpaired) electrons. The Bertz CT molecular complexity index is 955. The highest BCUT2D eigenvalue weighted by atomic mass is 32.2. The molecular formula is C23H28N4O2S. The summed E-state index contributed by atoms with van der Waals surface area (Å²) in [4.78, 5) is 12.6. The number of thioether (sulfide) groups is 1. The maximum atomic E-state index is 12.6. The molecule has 30 heavy (non-hydrogen) atoms. The molecule has 0 spiro atoms. The Hall–Kier alpha value is -2.54. The van der Waals surface area contributed by atoms with Crippen molar-refractivity contribution in [3.8, 4) is 11.6 Å². The summed E-state index contributed by atoms with van der Waals surface area (Å²) in [6.45, 7) is 5.14. The van der Waals surface area contributed by atoms with Crippen molar-refractivity contribution in [1.29, 1.82) is 0 Å². The number of carbonyl (C=O) groups excluding carboxylic acids is 1. The molecule has 1 fully saturated rings. The summed E-state index contributed by atoms with van der Waals surface area (Å²) >= 11 is 1.42. The van der Waals surface area contributed by atoms with Crippen molar-refractivity contribution in [3.05, 3.63) is 54.3 Å². The van der Waals surface area contributed by atoms with Crippen molar-refractivity contribution in [3.63, 3.8) is 0 Å². The Morgan fingerprint density at radius 1 is 1.17 bits per heavy atom. The Kier molecular flexibility index (Phi) is 6.57. The second-order valence-corrected chi connectivity index (χ2v) is 9.03. The molecule has 0 saturated heterocycles. The third-order valence-corrected chi connectivity index (χ3v) is 6.99. The van der Waals surface area contributed by atoms with E-state index in [0.29, 0.717) is 40.9 Å².